The number of hydrogen-bond donors (Lipinski definition) is 2. The van der Waals surface area contributed by atoms with Crippen LogP contribution in [0.2, 0.25) is 0 Å². The fourth-order valence-electron chi connectivity index (χ4n) is 6.15. The van der Waals surface area contributed by atoms with Crippen molar-refractivity contribution in [2.24, 2.45) is 5.92 Å². The molecule has 8 heteroatoms. The first-order valence-electron chi connectivity index (χ1n) is 12.0. The Morgan fingerprint density at radius 2 is 1.57 bits per heavy atom. The lowest BCUT2D eigenvalue weighted by Crippen LogP contribution is -2.52. The number of nitrogens with zero attached hydrogens (tertiary/aromatic N) is 1. The van der Waals surface area contributed by atoms with Crippen molar-refractivity contribution in [1.29, 1.82) is 0 Å². The molecular formula is C29H31NO7. The highest BCUT2D eigenvalue weighted by molar-refractivity contribution is 5.83. The number of carbonyl (C=O) groups excluding carboxylic acids is 1. The summed E-state index contributed by atoms with van der Waals surface area (Å²) in [6, 6.07) is 19.8. The van der Waals surface area contributed by atoms with Gasteiger partial charge in [0.05, 0.1) is 32.8 Å². The van der Waals surface area contributed by atoms with Crippen molar-refractivity contribution >= 4 is 5.91 Å². The number of rotatable bonds is 6. The summed E-state index contributed by atoms with van der Waals surface area (Å²) in [4.78, 5) is 15.1. The molecule has 1 amide bonds. The number of aliphatic hydroxyl groups excluding tert-OH is 1. The Bertz CT molecular complexity index is 1330. The van der Waals surface area contributed by atoms with Gasteiger partial charge < -0.3 is 34.1 Å². The lowest BCUT2D eigenvalue weighted by molar-refractivity contribution is -0.156. The zero-order chi connectivity index (χ0) is 26.5. The van der Waals surface area contributed by atoms with E-state index in [9.17, 15) is 15.0 Å². The molecule has 2 unspecified atom stereocenters. The van der Waals surface area contributed by atoms with Gasteiger partial charge in [0.1, 0.15) is 17.6 Å². The van der Waals surface area contributed by atoms with Crippen LogP contribution in [-0.2, 0) is 16.0 Å². The minimum atomic E-state index is -2.05. The molecule has 2 aliphatic rings. The van der Waals surface area contributed by atoms with Crippen LogP contribution in [-0.4, -0.2) is 62.5 Å². The first-order chi connectivity index (χ1) is 17.8. The number of hydrogen-bond acceptors (Lipinski definition) is 7. The van der Waals surface area contributed by atoms with Gasteiger partial charge >= 0.3 is 0 Å². The summed E-state index contributed by atoms with van der Waals surface area (Å²) in [5.41, 5.74) is -2.10. The summed E-state index contributed by atoms with van der Waals surface area (Å²) >= 11 is 0. The second kappa shape index (κ2) is 8.97. The molecule has 1 heterocycles. The van der Waals surface area contributed by atoms with Gasteiger partial charge in [0, 0.05) is 25.6 Å². The Hall–Kier alpha value is -3.75. The molecule has 1 aliphatic carbocycles. The van der Waals surface area contributed by atoms with E-state index in [-0.39, 0.29) is 5.91 Å². The van der Waals surface area contributed by atoms with E-state index >= 15 is 0 Å². The average Bonchev–Trinajstić information content (AvgIpc) is 3.30. The molecule has 37 heavy (non-hydrogen) atoms. The van der Waals surface area contributed by atoms with Gasteiger partial charge in [0.25, 0.3) is 0 Å². The fraction of sp³-hybridized carbons (Fsp3) is 0.345. The lowest BCUT2D eigenvalue weighted by Gasteiger charge is -2.41. The van der Waals surface area contributed by atoms with Crippen LogP contribution >= 0.6 is 0 Å². The lowest BCUT2D eigenvalue weighted by atomic mass is 9.70. The van der Waals surface area contributed by atoms with Crippen molar-refractivity contribution in [2.45, 2.75) is 23.2 Å². The first kappa shape index (κ1) is 24.9. The van der Waals surface area contributed by atoms with E-state index < -0.39 is 29.1 Å². The zero-order valence-electron chi connectivity index (χ0n) is 21.5. The maximum atomic E-state index is 13.7. The van der Waals surface area contributed by atoms with Crippen LogP contribution in [0.4, 0.5) is 0 Å². The largest absolute Gasteiger partial charge is 0.496 e. The molecule has 3 aromatic carbocycles. The first-order valence-corrected chi connectivity index (χ1v) is 12.0. The van der Waals surface area contributed by atoms with E-state index in [0.29, 0.717) is 34.1 Å². The number of amides is 1. The standard InChI is InChI=1S/C29H31NO7/c1-30(2)27(32)23-24(17-10-7-6-8-11-17)29(18-14-15-19(34-3)22(16-18)36-5)28(33,26(23)31)25-20(35-4)12-9-13-21(25)37-29/h6-16,23-24,26,31,33H,1-5H3/t23?,24-,26?,28+,29+/m1/s1. The third-order valence-corrected chi connectivity index (χ3v) is 7.69. The Balaban J connectivity index is 1.90. The predicted molar refractivity (Wildman–Crippen MR) is 136 cm³/mol. The third-order valence-electron chi connectivity index (χ3n) is 7.69. The molecule has 0 radical (unpaired) electrons. The van der Waals surface area contributed by atoms with Crippen molar-refractivity contribution in [1.82, 2.24) is 4.90 Å². The van der Waals surface area contributed by atoms with Crippen molar-refractivity contribution in [2.75, 3.05) is 35.4 Å². The highest BCUT2D eigenvalue weighted by Gasteiger charge is 2.78. The molecular weight excluding hydrogens is 474 g/mol. The van der Waals surface area contributed by atoms with Crippen molar-refractivity contribution in [3.63, 3.8) is 0 Å². The van der Waals surface area contributed by atoms with Crippen molar-refractivity contribution in [3.8, 4) is 23.0 Å². The van der Waals surface area contributed by atoms with Crippen molar-refractivity contribution < 1.29 is 34.0 Å². The predicted octanol–water partition coefficient (Wildman–Crippen LogP) is 3.05. The molecule has 3 aromatic rings. The van der Waals surface area contributed by atoms with E-state index in [2.05, 4.69) is 0 Å². The summed E-state index contributed by atoms with van der Waals surface area (Å²) in [5, 5.41) is 24.8. The molecule has 0 aromatic heterocycles. The van der Waals surface area contributed by atoms with Crippen molar-refractivity contribution in [3.05, 3.63) is 83.4 Å². The summed E-state index contributed by atoms with van der Waals surface area (Å²) in [6.45, 7) is 0. The van der Waals surface area contributed by atoms with Gasteiger partial charge in [0.2, 0.25) is 5.91 Å². The third kappa shape index (κ3) is 3.25. The van der Waals surface area contributed by atoms with Crippen LogP contribution in [0.5, 0.6) is 23.0 Å². The zero-order valence-corrected chi connectivity index (χ0v) is 21.5. The molecule has 1 saturated carbocycles. The number of methoxy groups -OCH3 is 3. The summed E-state index contributed by atoms with van der Waals surface area (Å²) in [6.07, 6.45) is -1.53. The van der Waals surface area contributed by atoms with Gasteiger partial charge in [-0.2, -0.15) is 0 Å². The van der Waals surface area contributed by atoms with Crippen LogP contribution in [0.15, 0.2) is 66.7 Å². The summed E-state index contributed by atoms with van der Waals surface area (Å²) in [5.74, 6) is -0.503. The van der Waals surface area contributed by atoms with Crippen LogP contribution in [0.1, 0.15) is 22.6 Å². The second-order valence-corrected chi connectivity index (χ2v) is 9.60. The van der Waals surface area contributed by atoms with Crippen LogP contribution < -0.4 is 18.9 Å². The SMILES string of the molecule is COc1ccc([C@@]23Oc4cccc(OC)c4[C@]2(O)C(O)C(C(=O)N(C)C)[C@H]3c2ccccc2)cc1OC. The minimum absolute atomic E-state index is 0.301. The molecule has 0 spiro atoms. The quantitative estimate of drug-likeness (QED) is 0.532. The molecule has 1 fully saturated rings. The Morgan fingerprint density at radius 3 is 2.19 bits per heavy atom. The number of benzene rings is 3. The van der Waals surface area contributed by atoms with Crippen LogP contribution in [0, 0.1) is 5.92 Å². The molecule has 0 saturated heterocycles. The number of carbonyl (C=O) groups is 1. The monoisotopic (exact) mass is 505 g/mol. The van der Waals surface area contributed by atoms with Crippen LogP contribution in [0.25, 0.3) is 0 Å². The van der Waals surface area contributed by atoms with E-state index in [1.165, 1.54) is 26.2 Å². The summed E-state index contributed by atoms with van der Waals surface area (Å²) < 4.78 is 23.4. The van der Waals surface area contributed by atoms with E-state index in [1.54, 1.807) is 50.5 Å². The van der Waals surface area contributed by atoms with E-state index in [0.717, 1.165) is 5.56 Å². The topological polar surface area (TPSA) is 97.7 Å². The highest BCUT2D eigenvalue weighted by atomic mass is 16.5. The van der Waals surface area contributed by atoms with E-state index in [1.807, 2.05) is 30.3 Å². The maximum absolute atomic E-state index is 13.7. The Morgan fingerprint density at radius 1 is 0.892 bits per heavy atom. The molecule has 5 rings (SSSR count). The molecule has 2 N–H and O–H groups in total. The average molecular weight is 506 g/mol. The van der Waals surface area contributed by atoms with Gasteiger partial charge in [0.15, 0.2) is 22.7 Å². The maximum Gasteiger partial charge on any atom is 0.228 e. The van der Waals surface area contributed by atoms with E-state index in [4.69, 9.17) is 18.9 Å². The molecule has 5 atom stereocenters. The molecule has 1 aliphatic heterocycles. The number of fused-ring (bicyclic) bond motifs is 3. The van der Waals surface area contributed by atoms with Gasteiger partial charge in [-0.1, -0.05) is 42.5 Å². The Labute approximate surface area is 216 Å². The Kier molecular flexibility index (Phi) is 6.04. The van der Waals surface area contributed by atoms with Gasteiger partial charge in [-0.05, 0) is 29.8 Å². The van der Waals surface area contributed by atoms with Gasteiger partial charge in [-0.25, -0.2) is 0 Å². The number of ether oxygens (including phenoxy) is 4. The summed E-state index contributed by atoms with van der Waals surface area (Å²) in [7, 11) is 7.82. The van der Waals surface area contributed by atoms with Crippen LogP contribution in [0.3, 0.4) is 0 Å². The highest BCUT2D eigenvalue weighted by Crippen LogP contribution is 2.70. The molecule has 0 bridgehead atoms. The second-order valence-electron chi connectivity index (χ2n) is 9.60. The smallest absolute Gasteiger partial charge is 0.228 e. The van der Waals surface area contributed by atoms with Gasteiger partial charge in [-0.3, -0.25) is 4.79 Å². The minimum Gasteiger partial charge on any atom is -0.496 e. The fourth-order valence-corrected chi connectivity index (χ4v) is 6.15. The number of aliphatic hydroxyl groups is 2. The normalized spacial score (nSPS) is 27.6. The molecule has 8 nitrogen and oxygen atoms in total. The van der Waals surface area contributed by atoms with Gasteiger partial charge in [-0.15, -0.1) is 0 Å². The molecule has 194 valence electrons.